The van der Waals surface area contributed by atoms with E-state index in [2.05, 4.69) is 18.2 Å². The molecule has 1 aromatic rings. The maximum atomic E-state index is 9.35. The van der Waals surface area contributed by atoms with Crippen LogP contribution in [0, 0.1) is 12.0 Å². The Bertz CT molecular complexity index is 365. The Morgan fingerprint density at radius 2 is 2.29 bits per heavy atom. The number of fused-ring (bicyclic) bond motifs is 1. The first-order valence-electron chi connectivity index (χ1n) is 6.01. The molecule has 1 aromatic carbocycles. The molecule has 0 saturated heterocycles. The van der Waals surface area contributed by atoms with Crippen LogP contribution in [0.5, 0.6) is 0 Å². The Balaban J connectivity index is 0.00000144. The van der Waals surface area contributed by atoms with E-state index in [1.165, 1.54) is 11.1 Å². The van der Waals surface area contributed by atoms with Gasteiger partial charge in [0.25, 0.3) is 0 Å². The summed E-state index contributed by atoms with van der Waals surface area (Å²) in [6.45, 7) is 2.02. The zero-order chi connectivity index (χ0) is 11.6. The molecular formula is C14H20NORe-. The maximum Gasteiger partial charge on any atom is 0.0611 e. The van der Waals surface area contributed by atoms with E-state index in [9.17, 15) is 5.11 Å². The Hall–Kier alpha value is -0.198. The molecule has 0 aliphatic heterocycles. The molecule has 0 unspecified atom stereocenters. The normalized spacial score (nSPS) is 22.9. The molecule has 2 nitrogen and oxygen atoms in total. The van der Waals surface area contributed by atoms with E-state index in [4.69, 9.17) is 5.73 Å². The second-order valence-electron chi connectivity index (χ2n) is 5.15. The minimum Gasteiger partial charge on any atom is -0.394 e. The summed E-state index contributed by atoms with van der Waals surface area (Å²) in [6.07, 6.45) is 4.35. The van der Waals surface area contributed by atoms with Gasteiger partial charge in [-0.05, 0) is 25.7 Å². The molecule has 1 radical (unpaired) electrons. The first kappa shape index (κ1) is 14.9. The van der Waals surface area contributed by atoms with Crippen LogP contribution in [0.1, 0.15) is 30.9 Å². The second-order valence-corrected chi connectivity index (χ2v) is 5.15. The van der Waals surface area contributed by atoms with Crippen LogP contribution in [0.4, 0.5) is 0 Å². The summed E-state index contributed by atoms with van der Waals surface area (Å²) >= 11 is 0. The van der Waals surface area contributed by atoms with Crippen molar-refractivity contribution in [1.29, 1.82) is 0 Å². The molecule has 0 saturated carbocycles. The molecule has 17 heavy (non-hydrogen) atoms. The standard InChI is InChI=1S/C14H20NO.Re/c1-14(15,10-16)13-8-4-7-11-5-2-3-6-12(11)9-13;/h3,5-6,13,16H,4,7-10,15H2,1H3;/q-1;/t13-,14+;/m0./s1. The van der Waals surface area contributed by atoms with Crippen molar-refractivity contribution in [2.24, 2.45) is 11.7 Å². The Kier molecular flexibility index (Phi) is 5.34. The topological polar surface area (TPSA) is 46.2 Å². The number of aliphatic hydroxyl groups is 1. The number of rotatable bonds is 2. The van der Waals surface area contributed by atoms with Crippen molar-refractivity contribution in [3.8, 4) is 0 Å². The van der Waals surface area contributed by atoms with Crippen molar-refractivity contribution in [3.05, 3.63) is 35.4 Å². The summed E-state index contributed by atoms with van der Waals surface area (Å²) in [4.78, 5) is 0. The van der Waals surface area contributed by atoms with Crippen LogP contribution >= 0.6 is 0 Å². The van der Waals surface area contributed by atoms with Gasteiger partial charge in [0.05, 0.1) is 6.61 Å². The summed E-state index contributed by atoms with van der Waals surface area (Å²) < 4.78 is 0. The third-order valence-electron chi connectivity index (χ3n) is 3.79. The van der Waals surface area contributed by atoms with E-state index in [1.54, 1.807) is 0 Å². The molecule has 2 rings (SSSR count). The van der Waals surface area contributed by atoms with E-state index in [-0.39, 0.29) is 27.0 Å². The average molecular weight is 405 g/mol. The third kappa shape index (κ3) is 3.39. The summed E-state index contributed by atoms with van der Waals surface area (Å²) in [6, 6.07) is 9.33. The molecule has 0 fully saturated rings. The monoisotopic (exact) mass is 405 g/mol. The number of aliphatic hydroxyl groups excluding tert-OH is 1. The zero-order valence-electron chi connectivity index (χ0n) is 10.2. The van der Waals surface area contributed by atoms with E-state index < -0.39 is 5.54 Å². The Morgan fingerprint density at radius 3 is 3.00 bits per heavy atom. The van der Waals surface area contributed by atoms with Gasteiger partial charge in [-0.15, -0.1) is 0 Å². The molecule has 0 bridgehead atoms. The van der Waals surface area contributed by atoms with Gasteiger partial charge in [-0.1, -0.05) is 12.8 Å². The SMILES string of the molecule is C[C@@](N)(CO)[C@H]1CCCc2c[c-]ccc2C1.[Re]. The number of aryl methyl sites for hydroxylation is 1. The number of hydrogen-bond donors (Lipinski definition) is 2. The van der Waals surface area contributed by atoms with Crippen molar-refractivity contribution in [1.82, 2.24) is 0 Å². The molecular weight excluding hydrogens is 384 g/mol. The Morgan fingerprint density at radius 1 is 1.53 bits per heavy atom. The molecule has 1 aliphatic carbocycles. The van der Waals surface area contributed by atoms with Crippen LogP contribution < -0.4 is 5.73 Å². The van der Waals surface area contributed by atoms with E-state index in [0.29, 0.717) is 5.92 Å². The van der Waals surface area contributed by atoms with Gasteiger partial charge < -0.3 is 10.8 Å². The number of benzene rings is 1. The largest absolute Gasteiger partial charge is 0.394 e. The van der Waals surface area contributed by atoms with Crippen molar-refractivity contribution in [3.63, 3.8) is 0 Å². The van der Waals surface area contributed by atoms with Gasteiger partial charge in [0.15, 0.2) is 0 Å². The van der Waals surface area contributed by atoms with Crippen LogP contribution in [-0.4, -0.2) is 17.3 Å². The summed E-state index contributed by atoms with van der Waals surface area (Å²) in [5.41, 5.74) is 8.48. The van der Waals surface area contributed by atoms with Gasteiger partial charge in [-0.2, -0.15) is 35.4 Å². The minimum absolute atomic E-state index is 0. The molecule has 3 N–H and O–H groups in total. The van der Waals surface area contributed by atoms with Crippen molar-refractivity contribution >= 4 is 0 Å². The summed E-state index contributed by atoms with van der Waals surface area (Å²) in [5.74, 6) is 0.376. The van der Waals surface area contributed by atoms with Crippen LogP contribution in [0.15, 0.2) is 18.2 Å². The molecule has 1 aliphatic rings. The quantitative estimate of drug-likeness (QED) is 0.582. The maximum absolute atomic E-state index is 9.35. The molecule has 0 heterocycles. The Labute approximate surface area is 117 Å². The van der Waals surface area contributed by atoms with Crippen LogP contribution in [-0.2, 0) is 33.3 Å². The van der Waals surface area contributed by atoms with Gasteiger partial charge in [-0.25, -0.2) is 0 Å². The molecule has 95 valence electrons. The summed E-state index contributed by atoms with van der Waals surface area (Å²) in [7, 11) is 0. The van der Waals surface area contributed by atoms with Crippen molar-refractivity contribution in [2.75, 3.05) is 6.61 Å². The first-order chi connectivity index (χ1) is 7.63. The van der Waals surface area contributed by atoms with Crippen LogP contribution in [0.3, 0.4) is 0 Å². The third-order valence-corrected chi connectivity index (χ3v) is 3.79. The molecule has 0 aromatic heterocycles. The number of hydrogen-bond acceptors (Lipinski definition) is 2. The fourth-order valence-corrected chi connectivity index (χ4v) is 2.53. The fourth-order valence-electron chi connectivity index (χ4n) is 2.53. The molecule has 0 spiro atoms. The predicted octanol–water partition coefficient (Wildman–Crippen LogP) is 1.69. The van der Waals surface area contributed by atoms with Crippen LogP contribution in [0.25, 0.3) is 0 Å². The van der Waals surface area contributed by atoms with Gasteiger partial charge in [-0.3, -0.25) is 0 Å². The van der Waals surface area contributed by atoms with Gasteiger partial charge in [0.2, 0.25) is 0 Å². The fraction of sp³-hybridized carbons (Fsp3) is 0.571. The van der Waals surface area contributed by atoms with E-state index in [0.717, 1.165) is 25.7 Å². The van der Waals surface area contributed by atoms with Gasteiger partial charge in [0.1, 0.15) is 0 Å². The van der Waals surface area contributed by atoms with Crippen LogP contribution in [0.2, 0.25) is 0 Å². The van der Waals surface area contributed by atoms with Crippen molar-refractivity contribution in [2.45, 2.75) is 38.1 Å². The second kappa shape index (κ2) is 6.11. The minimum atomic E-state index is -0.457. The predicted molar refractivity (Wildman–Crippen MR) is 65.1 cm³/mol. The number of nitrogens with two attached hydrogens (primary N) is 1. The zero-order valence-corrected chi connectivity index (χ0v) is 13.0. The first-order valence-corrected chi connectivity index (χ1v) is 6.01. The summed E-state index contributed by atoms with van der Waals surface area (Å²) in [5, 5.41) is 9.35. The smallest absolute Gasteiger partial charge is 0.0611 e. The molecule has 0 amide bonds. The molecule has 2 atom stereocenters. The van der Waals surface area contributed by atoms with Crippen molar-refractivity contribution < 1.29 is 25.5 Å². The molecule has 3 heteroatoms. The van der Waals surface area contributed by atoms with Gasteiger partial charge in [0, 0.05) is 26.0 Å². The van der Waals surface area contributed by atoms with E-state index >= 15 is 0 Å². The van der Waals surface area contributed by atoms with E-state index in [1.807, 2.05) is 13.0 Å². The average Bonchev–Trinajstić information content (AvgIpc) is 2.51. The van der Waals surface area contributed by atoms with Gasteiger partial charge >= 0.3 is 0 Å².